The average Bonchev–Trinajstić information content (AvgIpc) is 2.73. The predicted molar refractivity (Wildman–Crippen MR) is 110 cm³/mol. The van der Waals surface area contributed by atoms with E-state index in [4.69, 9.17) is 4.74 Å². The number of nitrogens with zero attached hydrogens (tertiary/aromatic N) is 1. The molecular weight excluding hydrogens is 368 g/mol. The smallest absolute Gasteiger partial charge is 0.308 e. The van der Waals surface area contributed by atoms with Crippen molar-refractivity contribution in [3.05, 3.63) is 65.7 Å². The molecule has 0 aromatic heterocycles. The third-order valence-corrected chi connectivity index (χ3v) is 5.07. The van der Waals surface area contributed by atoms with Gasteiger partial charge < -0.3 is 15.0 Å². The molecule has 0 aliphatic carbocycles. The molecule has 0 radical (unpaired) electrons. The Morgan fingerprint density at radius 3 is 2.45 bits per heavy atom. The Kier molecular flexibility index (Phi) is 7.00. The third-order valence-electron chi connectivity index (χ3n) is 5.07. The first kappa shape index (κ1) is 20.6. The van der Waals surface area contributed by atoms with Crippen LogP contribution in [-0.2, 0) is 16.0 Å². The average molecular weight is 394 g/mol. The standard InChI is InChI=1S/C23H26N2O4/c1-17(26)29-21-9-5-8-20(15-21)23(28)24-16-19-10-12-25(13-11-19)22(27)14-18-6-3-2-4-7-18/h2-9,15,19H,10-14,16H2,1H3,(H,24,28). The lowest BCUT2D eigenvalue weighted by molar-refractivity contribution is -0.132. The fraction of sp³-hybridized carbons (Fsp3) is 0.348. The van der Waals surface area contributed by atoms with E-state index in [-0.39, 0.29) is 11.8 Å². The van der Waals surface area contributed by atoms with Crippen molar-refractivity contribution in [1.29, 1.82) is 0 Å². The van der Waals surface area contributed by atoms with Gasteiger partial charge in [0.1, 0.15) is 5.75 Å². The minimum absolute atomic E-state index is 0.154. The first-order valence-electron chi connectivity index (χ1n) is 9.89. The first-order valence-corrected chi connectivity index (χ1v) is 9.89. The van der Waals surface area contributed by atoms with Gasteiger partial charge in [0, 0.05) is 32.1 Å². The summed E-state index contributed by atoms with van der Waals surface area (Å²) in [5.74, 6) is 0.241. The quantitative estimate of drug-likeness (QED) is 0.604. The van der Waals surface area contributed by atoms with E-state index in [0.717, 1.165) is 18.4 Å². The number of hydrogen-bond acceptors (Lipinski definition) is 4. The molecule has 6 nitrogen and oxygen atoms in total. The monoisotopic (exact) mass is 394 g/mol. The van der Waals surface area contributed by atoms with Crippen molar-refractivity contribution in [2.45, 2.75) is 26.2 Å². The minimum atomic E-state index is -0.420. The highest BCUT2D eigenvalue weighted by Crippen LogP contribution is 2.18. The zero-order valence-electron chi connectivity index (χ0n) is 16.6. The summed E-state index contributed by atoms with van der Waals surface area (Å²) in [4.78, 5) is 37.8. The Labute approximate surface area is 170 Å². The van der Waals surface area contributed by atoms with E-state index in [9.17, 15) is 14.4 Å². The Balaban J connectivity index is 1.43. The molecule has 6 heteroatoms. The predicted octanol–water partition coefficient (Wildman–Crippen LogP) is 2.82. The van der Waals surface area contributed by atoms with E-state index < -0.39 is 5.97 Å². The number of piperidine rings is 1. The van der Waals surface area contributed by atoms with Crippen LogP contribution >= 0.6 is 0 Å². The lowest BCUT2D eigenvalue weighted by atomic mass is 9.96. The number of hydrogen-bond donors (Lipinski definition) is 1. The summed E-state index contributed by atoms with van der Waals surface area (Å²) in [6.45, 7) is 3.32. The molecule has 1 heterocycles. The van der Waals surface area contributed by atoms with Crippen molar-refractivity contribution in [2.75, 3.05) is 19.6 Å². The largest absolute Gasteiger partial charge is 0.427 e. The molecule has 1 N–H and O–H groups in total. The second kappa shape index (κ2) is 9.87. The van der Waals surface area contributed by atoms with Crippen LogP contribution in [0.4, 0.5) is 0 Å². The number of ether oxygens (including phenoxy) is 1. The van der Waals surface area contributed by atoms with E-state index in [1.54, 1.807) is 24.3 Å². The second-order valence-corrected chi connectivity index (χ2v) is 7.32. The van der Waals surface area contributed by atoms with Crippen LogP contribution in [0.5, 0.6) is 5.75 Å². The van der Waals surface area contributed by atoms with Gasteiger partial charge in [0.15, 0.2) is 0 Å². The molecule has 3 rings (SSSR count). The van der Waals surface area contributed by atoms with Crippen molar-refractivity contribution in [2.24, 2.45) is 5.92 Å². The number of esters is 1. The van der Waals surface area contributed by atoms with Crippen LogP contribution in [0, 0.1) is 5.92 Å². The van der Waals surface area contributed by atoms with Crippen LogP contribution in [0.3, 0.4) is 0 Å². The lowest BCUT2D eigenvalue weighted by Gasteiger charge is -2.32. The summed E-state index contributed by atoms with van der Waals surface area (Å²) >= 11 is 0. The number of rotatable bonds is 6. The van der Waals surface area contributed by atoms with Crippen LogP contribution in [-0.4, -0.2) is 42.3 Å². The molecule has 2 amide bonds. The molecule has 0 atom stereocenters. The van der Waals surface area contributed by atoms with Crippen molar-refractivity contribution in [3.8, 4) is 5.75 Å². The Hall–Kier alpha value is -3.15. The SMILES string of the molecule is CC(=O)Oc1cccc(C(=O)NCC2CCN(C(=O)Cc3ccccc3)CC2)c1. The van der Waals surface area contributed by atoms with Gasteiger partial charge in [-0.25, -0.2) is 0 Å². The number of nitrogens with one attached hydrogen (secondary N) is 1. The van der Waals surface area contributed by atoms with Crippen molar-refractivity contribution < 1.29 is 19.1 Å². The Bertz CT molecular complexity index is 858. The van der Waals surface area contributed by atoms with Crippen LogP contribution in [0.25, 0.3) is 0 Å². The summed E-state index contributed by atoms with van der Waals surface area (Å²) in [5.41, 5.74) is 1.49. The van der Waals surface area contributed by atoms with Crippen LogP contribution in [0.2, 0.25) is 0 Å². The Morgan fingerprint density at radius 1 is 1.03 bits per heavy atom. The summed E-state index contributed by atoms with van der Waals surface area (Å²) in [6, 6.07) is 16.3. The fourth-order valence-electron chi connectivity index (χ4n) is 3.47. The van der Waals surface area contributed by atoms with Gasteiger partial charge in [-0.15, -0.1) is 0 Å². The van der Waals surface area contributed by atoms with Gasteiger partial charge in [-0.2, -0.15) is 0 Å². The lowest BCUT2D eigenvalue weighted by Crippen LogP contribution is -2.42. The normalized spacial score (nSPS) is 14.3. The maximum atomic E-state index is 12.5. The van der Waals surface area contributed by atoms with E-state index in [2.05, 4.69) is 5.32 Å². The molecule has 0 saturated carbocycles. The molecule has 2 aromatic carbocycles. The summed E-state index contributed by atoms with van der Waals surface area (Å²) in [6.07, 6.45) is 2.17. The number of carbonyl (C=O) groups is 3. The molecule has 2 aromatic rings. The third kappa shape index (κ3) is 6.17. The number of likely N-dealkylation sites (tertiary alicyclic amines) is 1. The van der Waals surface area contributed by atoms with Crippen LogP contribution in [0.1, 0.15) is 35.7 Å². The van der Waals surface area contributed by atoms with Crippen molar-refractivity contribution in [3.63, 3.8) is 0 Å². The number of benzene rings is 2. The van der Waals surface area contributed by atoms with Gasteiger partial charge in [-0.05, 0) is 42.5 Å². The maximum absolute atomic E-state index is 12.5. The van der Waals surface area contributed by atoms with Gasteiger partial charge in [-0.1, -0.05) is 36.4 Å². The summed E-state index contributed by atoms with van der Waals surface area (Å²) in [7, 11) is 0. The molecule has 152 valence electrons. The number of carbonyl (C=O) groups excluding carboxylic acids is 3. The van der Waals surface area contributed by atoms with E-state index in [0.29, 0.717) is 43.3 Å². The molecule has 1 fully saturated rings. The molecule has 1 aliphatic heterocycles. The molecular formula is C23H26N2O4. The summed E-state index contributed by atoms with van der Waals surface area (Å²) < 4.78 is 5.02. The zero-order valence-corrected chi connectivity index (χ0v) is 16.6. The minimum Gasteiger partial charge on any atom is -0.427 e. The second-order valence-electron chi connectivity index (χ2n) is 7.32. The van der Waals surface area contributed by atoms with Gasteiger partial charge in [0.25, 0.3) is 5.91 Å². The van der Waals surface area contributed by atoms with E-state index in [1.807, 2.05) is 35.2 Å². The van der Waals surface area contributed by atoms with Gasteiger partial charge in [-0.3, -0.25) is 14.4 Å². The summed E-state index contributed by atoms with van der Waals surface area (Å²) in [5, 5.41) is 2.95. The molecule has 0 unspecified atom stereocenters. The molecule has 29 heavy (non-hydrogen) atoms. The van der Waals surface area contributed by atoms with Gasteiger partial charge >= 0.3 is 5.97 Å². The van der Waals surface area contributed by atoms with Crippen LogP contribution in [0.15, 0.2) is 54.6 Å². The highest BCUT2D eigenvalue weighted by molar-refractivity contribution is 5.94. The molecule has 0 spiro atoms. The van der Waals surface area contributed by atoms with E-state index >= 15 is 0 Å². The molecule has 1 aliphatic rings. The fourth-order valence-corrected chi connectivity index (χ4v) is 3.47. The first-order chi connectivity index (χ1) is 14.0. The Morgan fingerprint density at radius 2 is 1.76 bits per heavy atom. The molecule has 0 bridgehead atoms. The van der Waals surface area contributed by atoms with Gasteiger partial charge in [0.2, 0.25) is 5.91 Å². The highest BCUT2D eigenvalue weighted by Gasteiger charge is 2.23. The van der Waals surface area contributed by atoms with Gasteiger partial charge in [0.05, 0.1) is 6.42 Å². The van der Waals surface area contributed by atoms with E-state index in [1.165, 1.54) is 6.92 Å². The van der Waals surface area contributed by atoms with Crippen molar-refractivity contribution >= 4 is 17.8 Å². The molecule has 1 saturated heterocycles. The zero-order chi connectivity index (χ0) is 20.6. The van der Waals surface area contributed by atoms with Crippen molar-refractivity contribution in [1.82, 2.24) is 10.2 Å². The topological polar surface area (TPSA) is 75.7 Å². The number of amides is 2. The maximum Gasteiger partial charge on any atom is 0.308 e. The highest BCUT2D eigenvalue weighted by atomic mass is 16.5. The van der Waals surface area contributed by atoms with Crippen LogP contribution < -0.4 is 10.1 Å².